The number of ether oxygens (including phenoxy) is 1. The normalized spacial score (nSPS) is 13.9. The minimum Gasteiger partial charge on any atom is -0.378 e. The lowest BCUT2D eigenvalue weighted by Crippen LogP contribution is -2.36. The highest BCUT2D eigenvalue weighted by Crippen LogP contribution is 2.16. The molecule has 142 valence electrons. The van der Waals surface area contributed by atoms with Gasteiger partial charge in [0.1, 0.15) is 17.5 Å². The Balaban J connectivity index is 1.50. The van der Waals surface area contributed by atoms with Crippen molar-refractivity contribution in [1.29, 1.82) is 0 Å². The van der Waals surface area contributed by atoms with E-state index in [-0.39, 0.29) is 12.1 Å². The zero-order chi connectivity index (χ0) is 19.2. The maximum Gasteiger partial charge on any atom is 0.254 e. The molecule has 3 rings (SSSR count). The number of nitrogens with one attached hydrogen (secondary N) is 2. The number of amides is 2. The number of aromatic nitrogens is 1. The van der Waals surface area contributed by atoms with Gasteiger partial charge in [-0.3, -0.25) is 9.59 Å². The van der Waals surface area contributed by atoms with E-state index in [4.69, 9.17) is 4.74 Å². The van der Waals surface area contributed by atoms with Crippen LogP contribution in [0, 0.1) is 11.6 Å². The van der Waals surface area contributed by atoms with Crippen LogP contribution in [0.4, 0.5) is 20.3 Å². The Hall–Kier alpha value is -3.07. The van der Waals surface area contributed by atoms with Gasteiger partial charge in [0.15, 0.2) is 0 Å². The van der Waals surface area contributed by atoms with Gasteiger partial charge in [-0.25, -0.2) is 13.8 Å². The van der Waals surface area contributed by atoms with Gasteiger partial charge in [-0.1, -0.05) is 0 Å². The van der Waals surface area contributed by atoms with E-state index in [1.54, 1.807) is 12.3 Å². The van der Waals surface area contributed by atoms with Gasteiger partial charge in [0.2, 0.25) is 5.91 Å². The van der Waals surface area contributed by atoms with E-state index in [0.29, 0.717) is 25.1 Å². The molecular weight excluding hydrogens is 358 g/mol. The van der Waals surface area contributed by atoms with Gasteiger partial charge in [0.25, 0.3) is 5.91 Å². The van der Waals surface area contributed by atoms with E-state index in [0.717, 1.165) is 30.9 Å². The summed E-state index contributed by atoms with van der Waals surface area (Å²) in [4.78, 5) is 30.1. The fourth-order valence-electron chi connectivity index (χ4n) is 2.59. The Bertz CT molecular complexity index is 824. The Morgan fingerprint density at radius 2 is 1.93 bits per heavy atom. The molecule has 2 N–H and O–H groups in total. The summed E-state index contributed by atoms with van der Waals surface area (Å²) in [7, 11) is 0. The number of halogens is 2. The predicted molar refractivity (Wildman–Crippen MR) is 94.6 cm³/mol. The van der Waals surface area contributed by atoms with Crippen LogP contribution in [0.3, 0.4) is 0 Å². The molecule has 27 heavy (non-hydrogen) atoms. The first-order chi connectivity index (χ1) is 13.0. The van der Waals surface area contributed by atoms with Crippen LogP contribution in [0.2, 0.25) is 0 Å². The van der Waals surface area contributed by atoms with Gasteiger partial charge in [0, 0.05) is 19.2 Å². The van der Waals surface area contributed by atoms with Crippen molar-refractivity contribution in [3.63, 3.8) is 0 Å². The van der Waals surface area contributed by atoms with Crippen molar-refractivity contribution >= 4 is 23.3 Å². The average Bonchev–Trinajstić information content (AvgIpc) is 2.67. The number of carbonyl (C=O) groups is 2. The smallest absolute Gasteiger partial charge is 0.254 e. The monoisotopic (exact) mass is 376 g/mol. The zero-order valence-corrected chi connectivity index (χ0v) is 14.4. The summed E-state index contributed by atoms with van der Waals surface area (Å²) < 4.78 is 31.7. The molecule has 9 heteroatoms. The number of morpholine rings is 1. The van der Waals surface area contributed by atoms with E-state index in [9.17, 15) is 18.4 Å². The SMILES string of the molecule is O=C(CNC(=O)c1ccc(F)cc1F)Nc1ccc(N2CCOCC2)cn1. The number of nitrogens with zero attached hydrogens (tertiary/aromatic N) is 2. The molecular formula is C18H18F2N4O3. The molecule has 2 aromatic rings. The van der Waals surface area contributed by atoms with Gasteiger partial charge in [-0.15, -0.1) is 0 Å². The second kappa shape index (κ2) is 8.54. The quantitative estimate of drug-likeness (QED) is 0.828. The minimum atomic E-state index is -0.992. The van der Waals surface area contributed by atoms with Crippen LogP contribution in [0.15, 0.2) is 36.5 Å². The second-order valence-corrected chi connectivity index (χ2v) is 5.86. The summed E-state index contributed by atoms with van der Waals surface area (Å²) in [6.45, 7) is 2.50. The highest BCUT2D eigenvalue weighted by atomic mass is 19.1. The summed E-state index contributed by atoms with van der Waals surface area (Å²) in [5, 5.41) is 4.82. The Kier molecular flexibility index (Phi) is 5.92. The van der Waals surface area contributed by atoms with Crippen LogP contribution in [0.25, 0.3) is 0 Å². The molecule has 2 heterocycles. The molecule has 1 saturated heterocycles. The molecule has 0 unspecified atom stereocenters. The first-order valence-corrected chi connectivity index (χ1v) is 8.35. The number of carbonyl (C=O) groups excluding carboxylic acids is 2. The largest absolute Gasteiger partial charge is 0.378 e. The number of pyridine rings is 1. The van der Waals surface area contributed by atoms with E-state index in [1.807, 2.05) is 6.07 Å². The van der Waals surface area contributed by atoms with E-state index >= 15 is 0 Å². The molecule has 1 fully saturated rings. The number of anilines is 2. The molecule has 0 atom stereocenters. The second-order valence-electron chi connectivity index (χ2n) is 5.86. The molecule has 0 spiro atoms. The summed E-state index contributed by atoms with van der Waals surface area (Å²) in [6, 6.07) is 6.08. The highest BCUT2D eigenvalue weighted by Gasteiger charge is 2.14. The molecule has 0 radical (unpaired) electrons. The maximum absolute atomic E-state index is 13.5. The van der Waals surface area contributed by atoms with Gasteiger partial charge in [-0.05, 0) is 24.3 Å². The van der Waals surface area contributed by atoms with Gasteiger partial charge >= 0.3 is 0 Å². The lowest BCUT2D eigenvalue weighted by molar-refractivity contribution is -0.115. The lowest BCUT2D eigenvalue weighted by atomic mass is 10.2. The molecule has 0 aliphatic carbocycles. The van der Waals surface area contributed by atoms with Crippen LogP contribution in [-0.4, -0.2) is 49.6 Å². The molecule has 1 aromatic carbocycles. The standard InChI is InChI=1S/C18H18F2N4O3/c19-12-1-3-14(15(20)9-12)18(26)22-11-17(25)23-16-4-2-13(10-21-16)24-5-7-27-8-6-24/h1-4,9-10H,5-8,11H2,(H,22,26)(H,21,23,25). The van der Waals surface area contributed by atoms with Gasteiger partial charge < -0.3 is 20.3 Å². The number of benzene rings is 1. The van der Waals surface area contributed by atoms with Crippen LogP contribution < -0.4 is 15.5 Å². The third-order valence-corrected chi connectivity index (χ3v) is 3.98. The predicted octanol–water partition coefficient (Wildman–Crippen LogP) is 1.56. The van der Waals surface area contributed by atoms with Crippen LogP contribution in [-0.2, 0) is 9.53 Å². The summed E-state index contributed by atoms with van der Waals surface area (Å²) >= 11 is 0. The Labute approximate surface area is 154 Å². The van der Waals surface area contributed by atoms with E-state index in [1.165, 1.54) is 0 Å². The fourth-order valence-corrected chi connectivity index (χ4v) is 2.59. The van der Waals surface area contributed by atoms with Crippen molar-refractivity contribution in [3.8, 4) is 0 Å². The summed E-state index contributed by atoms with van der Waals surface area (Å²) in [5.41, 5.74) is 0.591. The van der Waals surface area contributed by atoms with Crippen LogP contribution in [0.1, 0.15) is 10.4 Å². The van der Waals surface area contributed by atoms with Crippen molar-refractivity contribution in [3.05, 3.63) is 53.7 Å². The molecule has 7 nitrogen and oxygen atoms in total. The van der Waals surface area contributed by atoms with Crippen molar-refractivity contribution in [2.75, 3.05) is 43.1 Å². The first-order valence-electron chi connectivity index (χ1n) is 8.35. The highest BCUT2D eigenvalue weighted by molar-refractivity contribution is 5.99. The average molecular weight is 376 g/mol. The van der Waals surface area contributed by atoms with Crippen molar-refractivity contribution in [1.82, 2.24) is 10.3 Å². The zero-order valence-electron chi connectivity index (χ0n) is 14.4. The Morgan fingerprint density at radius 3 is 2.59 bits per heavy atom. The molecule has 1 aromatic heterocycles. The van der Waals surface area contributed by atoms with Crippen molar-refractivity contribution < 1.29 is 23.1 Å². The van der Waals surface area contributed by atoms with Gasteiger partial charge in [-0.2, -0.15) is 0 Å². The van der Waals surface area contributed by atoms with E-state index in [2.05, 4.69) is 20.5 Å². The third kappa shape index (κ3) is 4.98. The molecule has 0 saturated carbocycles. The summed E-state index contributed by atoms with van der Waals surface area (Å²) in [5.74, 6) is -2.77. The molecule has 1 aliphatic heterocycles. The minimum absolute atomic E-state index is 0.333. The van der Waals surface area contributed by atoms with Crippen molar-refractivity contribution in [2.24, 2.45) is 0 Å². The summed E-state index contributed by atoms with van der Waals surface area (Å²) in [6.07, 6.45) is 1.65. The molecule has 0 bridgehead atoms. The molecule has 2 amide bonds. The first kappa shape index (κ1) is 18.7. The van der Waals surface area contributed by atoms with Gasteiger partial charge in [0.05, 0.1) is 37.2 Å². The fraction of sp³-hybridized carbons (Fsp3) is 0.278. The Morgan fingerprint density at radius 1 is 1.15 bits per heavy atom. The lowest BCUT2D eigenvalue weighted by Gasteiger charge is -2.28. The number of rotatable bonds is 5. The van der Waals surface area contributed by atoms with Crippen molar-refractivity contribution in [2.45, 2.75) is 0 Å². The number of hydrogen-bond acceptors (Lipinski definition) is 5. The number of hydrogen-bond donors (Lipinski definition) is 2. The third-order valence-electron chi connectivity index (χ3n) is 3.98. The topological polar surface area (TPSA) is 83.6 Å². The molecule has 1 aliphatic rings. The van der Waals surface area contributed by atoms with Crippen LogP contribution >= 0.6 is 0 Å². The maximum atomic E-state index is 13.5. The van der Waals surface area contributed by atoms with Crippen LogP contribution in [0.5, 0.6) is 0 Å². The van der Waals surface area contributed by atoms with E-state index < -0.39 is 23.4 Å².